The highest BCUT2D eigenvalue weighted by atomic mass is 35.5. The van der Waals surface area contributed by atoms with Gasteiger partial charge in [-0.15, -0.1) is 0 Å². The second-order valence-corrected chi connectivity index (χ2v) is 7.74. The smallest absolute Gasteiger partial charge is 0.300 e. The Morgan fingerprint density at radius 3 is 2.45 bits per heavy atom. The number of H-pyrrole nitrogens is 1. The van der Waals surface area contributed by atoms with Crippen LogP contribution in [0.3, 0.4) is 0 Å². The van der Waals surface area contributed by atoms with Crippen molar-refractivity contribution in [3.63, 3.8) is 0 Å². The molecule has 3 aromatic carbocycles. The van der Waals surface area contributed by atoms with E-state index in [0.717, 1.165) is 10.9 Å². The monoisotopic (exact) mass is 428 g/mol. The number of nitrogens with zero attached hydrogens (tertiary/aromatic N) is 1. The lowest BCUT2D eigenvalue weighted by Crippen LogP contribution is -2.29. The summed E-state index contributed by atoms with van der Waals surface area (Å²) in [5.41, 5.74) is 2.54. The summed E-state index contributed by atoms with van der Waals surface area (Å²) in [6.07, 6.45) is 1.65. The Morgan fingerprint density at radius 2 is 1.68 bits per heavy atom. The van der Waals surface area contributed by atoms with Crippen LogP contribution < -0.4 is 4.90 Å². The summed E-state index contributed by atoms with van der Waals surface area (Å²) in [5.74, 6) is -1.66. The van der Waals surface area contributed by atoms with E-state index in [0.29, 0.717) is 21.8 Å². The van der Waals surface area contributed by atoms with Crippen LogP contribution in [-0.2, 0) is 9.59 Å². The van der Waals surface area contributed by atoms with E-state index in [1.165, 1.54) is 4.90 Å². The van der Waals surface area contributed by atoms with E-state index in [4.69, 9.17) is 11.6 Å². The Balaban J connectivity index is 1.76. The Hall–Kier alpha value is -3.83. The number of amides is 1. The number of carbonyl (C=O) groups excluding carboxylic acids is 2. The lowest BCUT2D eigenvalue weighted by atomic mass is 9.95. The molecule has 1 fully saturated rings. The van der Waals surface area contributed by atoms with Crippen molar-refractivity contribution < 1.29 is 14.7 Å². The van der Waals surface area contributed by atoms with Gasteiger partial charge in [0.1, 0.15) is 5.76 Å². The van der Waals surface area contributed by atoms with E-state index in [9.17, 15) is 14.7 Å². The van der Waals surface area contributed by atoms with Crippen LogP contribution >= 0.6 is 11.6 Å². The number of hydrogen-bond acceptors (Lipinski definition) is 3. The standard InChI is InChI=1S/C25H17ClN2O3/c26-16-9-6-10-17(13-16)28-22(15-7-2-1-3-8-15)21(24(30)25(28)31)23(29)19-14-27-20-12-5-4-11-18(19)20/h1-14,22,27,29H/b23-21-. The molecular formula is C25H17ClN2O3. The number of anilines is 1. The Kier molecular flexibility index (Phi) is 4.60. The molecule has 0 bridgehead atoms. The number of fused-ring (bicyclic) bond motifs is 1. The summed E-state index contributed by atoms with van der Waals surface area (Å²) in [7, 11) is 0. The predicted molar refractivity (Wildman–Crippen MR) is 121 cm³/mol. The molecule has 1 saturated heterocycles. The average Bonchev–Trinajstić information content (AvgIpc) is 3.33. The zero-order chi connectivity index (χ0) is 21.5. The first-order valence-corrected chi connectivity index (χ1v) is 10.1. The van der Waals surface area contributed by atoms with Crippen molar-refractivity contribution >= 4 is 45.6 Å². The maximum Gasteiger partial charge on any atom is 0.300 e. The topological polar surface area (TPSA) is 73.4 Å². The predicted octanol–water partition coefficient (Wildman–Crippen LogP) is 5.45. The highest BCUT2D eigenvalue weighted by Gasteiger charge is 2.47. The van der Waals surface area contributed by atoms with E-state index < -0.39 is 17.7 Å². The first kappa shape index (κ1) is 19.2. The first-order valence-electron chi connectivity index (χ1n) is 9.74. The molecule has 1 aromatic heterocycles. The largest absolute Gasteiger partial charge is 0.507 e. The zero-order valence-electron chi connectivity index (χ0n) is 16.2. The van der Waals surface area contributed by atoms with Crippen molar-refractivity contribution in [2.75, 3.05) is 4.90 Å². The minimum atomic E-state index is -0.784. The molecule has 4 aromatic rings. The lowest BCUT2D eigenvalue weighted by Gasteiger charge is -2.25. The third-order valence-electron chi connectivity index (χ3n) is 5.49. The first-order chi connectivity index (χ1) is 15.1. The molecule has 6 heteroatoms. The quantitative estimate of drug-likeness (QED) is 0.259. The average molecular weight is 429 g/mol. The molecule has 152 valence electrons. The molecule has 1 aliphatic rings. The van der Waals surface area contributed by atoms with Crippen molar-refractivity contribution in [3.05, 3.63) is 107 Å². The van der Waals surface area contributed by atoms with Crippen molar-refractivity contribution in [2.45, 2.75) is 6.04 Å². The summed E-state index contributed by atoms with van der Waals surface area (Å²) in [5, 5.41) is 12.5. The van der Waals surface area contributed by atoms with Gasteiger partial charge in [0.25, 0.3) is 11.7 Å². The molecule has 1 atom stereocenters. The number of carbonyl (C=O) groups is 2. The van der Waals surface area contributed by atoms with Crippen LogP contribution in [0, 0.1) is 0 Å². The molecule has 31 heavy (non-hydrogen) atoms. The maximum absolute atomic E-state index is 13.2. The molecule has 0 saturated carbocycles. The van der Waals surface area contributed by atoms with Gasteiger partial charge in [-0.05, 0) is 29.8 Å². The van der Waals surface area contributed by atoms with Gasteiger partial charge in [-0.25, -0.2) is 0 Å². The normalized spacial score (nSPS) is 18.1. The Morgan fingerprint density at radius 1 is 0.935 bits per heavy atom. The second kappa shape index (κ2) is 7.45. The van der Waals surface area contributed by atoms with Gasteiger partial charge in [0.05, 0.1) is 11.6 Å². The summed E-state index contributed by atoms with van der Waals surface area (Å²) >= 11 is 6.16. The van der Waals surface area contributed by atoms with Crippen LogP contribution in [0.1, 0.15) is 17.2 Å². The molecule has 1 unspecified atom stereocenters. The number of aliphatic hydroxyl groups excluding tert-OH is 1. The fourth-order valence-corrected chi connectivity index (χ4v) is 4.27. The van der Waals surface area contributed by atoms with Gasteiger partial charge in [0, 0.05) is 33.4 Å². The maximum atomic E-state index is 13.2. The molecule has 5 nitrogen and oxygen atoms in total. The molecule has 0 spiro atoms. The van der Waals surface area contributed by atoms with E-state index in [1.54, 1.807) is 30.5 Å². The highest BCUT2D eigenvalue weighted by Crippen LogP contribution is 2.43. The fourth-order valence-electron chi connectivity index (χ4n) is 4.09. The van der Waals surface area contributed by atoms with E-state index in [1.807, 2.05) is 54.6 Å². The van der Waals surface area contributed by atoms with Crippen molar-refractivity contribution in [1.82, 2.24) is 4.98 Å². The number of aliphatic hydroxyl groups is 1. The number of para-hydroxylation sites is 1. The second-order valence-electron chi connectivity index (χ2n) is 7.31. The number of Topliss-reactive ketones (excluding diaryl/α,β-unsaturated/α-hetero) is 1. The molecule has 2 heterocycles. The van der Waals surface area contributed by atoms with Crippen molar-refractivity contribution in [1.29, 1.82) is 0 Å². The van der Waals surface area contributed by atoms with Gasteiger partial charge in [-0.2, -0.15) is 0 Å². The Bertz CT molecular complexity index is 1360. The highest BCUT2D eigenvalue weighted by molar-refractivity contribution is 6.52. The molecule has 1 aliphatic heterocycles. The zero-order valence-corrected chi connectivity index (χ0v) is 17.0. The SMILES string of the molecule is O=C1C(=O)N(c2cccc(Cl)c2)C(c2ccccc2)/C1=C(/O)c1c[nH]c2ccccc12. The molecule has 2 N–H and O–H groups in total. The number of hydrogen-bond donors (Lipinski definition) is 2. The Labute approximate surface area is 183 Å². The van der Waals surface area contributed by atoms with E-state index >= 15 is 0 Å². The molecule has 5 rings (SSSR count). The minimum absolute atomic E-state index is 0.0425. The number of aromatic nitrogens is 1. The third kappa shape index (κ3) is 3.10. The minimum Gasteiger partial charge on any atom is -0.507 e. The number of nitrogens with one attached hydrogen (secondary N) is 1. The number of aromatic amines is 1. The van der Waals surface area contributed by atoms with Crippen LogP contribution in [0.15, 0.2) is 90.6 Å². The molecule has 0 radical (unpaired) electrons. The van der Waals surface area contributed by atoms with Gasteiger partial charge in [0.15, 0.2) is 0 Å². The van der Waals surface area contributed by atoms with Gasteiger partial charge in [-0.3, -0.25) is 14.5 Å². The molecule has 1 amide bonds. The fraction of sp³-hybridized carbons (Fsp3) is 0.0400. The van der Waals surface area contributed by atoms with E-state index in [-0.39, 0.29) is 11.3 Å². The van der Waals surface area contributed by atoms with Crippen LogP contribution in [0.5, 0.6) is 0 Å². The van der Waals surface area contributed by atoms with Gasteiger partial charge < -0.3 is 10.1 Å². The summed E-state index contributed by atoms with van der Waals surface area (Å²) in [4.78, 5) is 30.8. The van der Waals surface area contributed by atoms with E-state index in [2.05, 4.69) is 4.98 Å². The number of benzene rings is 3. The van der Waals surface area contributed by atoms with Crippen LogP contribution in [0.4, 0.5) is 5.69 Å². The number of halogens is 1. The van der Waals surface area contributed by atoms with Crippen LogP contribution in [0.25, 0.3) is 16.7 Å². The number of ketones is 1. The van der Waals surface area contributed by atoms with Gasteiger partial charge in [-0.1, -0.05) is 66.2 Å². The van der Waals surface area contributed by atoms with Crippen molar-refractivity contribution in [3.8, 4) is 0 Å². The summed E-state index contributed by atoms with van der Waals surface area (Å²) in [6, 6.07) is 22.6. The van der Waals surface area contributed by atoms with Gasteiger partial charge in [0.2, 0.25) is 0 Å². The number of rotatable bonds is 3. The third-order valence-corrected chi connectivity index (χ3v) is 5.73. The van der Waals surface area contributed by atoms with Gasteiger partial charge >= 0.3 is 0 Å². The van der Waals surface area contributed by atoms with Crippen LogP contribution in [-0.4, -0.2) is 21.8 Å². The summed E-state index contributed by atoms with van der Waals surface area (Å²) < 4.78 is 0. The summed E-state index contributed by atoms with van der Waals surface area (Å²) in [6.45, 7) is 0. The molecule has 0 aliphatic carbocycles. The van der Waals surface area contributed by atoms with Crippen LogP contribution in [0.2, 0.25) is 5.02 Å². The van der Waals surface area contributed by atoms with Crippen molar-refractivity contribution in [2.24, 2.45) is 0 Å². The lowest BCUT2D eigenvalue weighted by molar-refractivity contribution is -0.132. The molecular weight excluding hydrogens is 412 g/mol.